The predicted molar refractivity (Wildman–Crippen MR) is 83.7 cm³/mol. The zero-order valence-electron chi connectivity index (χ0n) is 12.1. The van der Waals surface area contributed by atoms with E-state index in [1.54, 1.807) is 6.92 Å². The number of carboxylic acids is 1. The van der Waals surface area contributed by atoms with Gasteiger partial charge in [0.05, 0.1) is 5.92 Å². The molecule has 0 bridgehead atoms. The van der Waals surface area contributed by atoms with Crippen LogP contribution in [0.4, 0.5) is 5.69 Å². The second-order valence-electron chi connectivity index (χ2n) is 5.61. The van der Waals surface area contributed by atoms with Crippen LogP contribution in [0.25, 0.3) is 0 Å². The summed E-state index contributed by atoms with van der Waals surface area (Å²) in [6.45, 7) is 3.64. The van der Waals surface area contributed by atoms with Crippen molar-refractivity contribution in [1.29, 1.82) is 0 Å². The summed E-state index contributed by atoms with van der Waals surface area (Å²) in [6, 6.07) is 16.5. The monoisotopic (exact) mass is 281 g/mol. The van der Waals surface area contributed by atoms with Crippen LogP contribution in [0.15, 0.2) is 48.5 Å². The molecule has 1 unspecified atom stereocenters. The number of rotatable bonds is 4. The van der Waals surface area contributed by atoms with E-state index in [4.69, 9.17) is 5.11 Å². The number of benzene rings is 2. The molecule has 0 radical (unpaired) electrons. The molecular weight excluding hydrogens is 262 g/mol. The highest BCUT2D eigenvalue weighted by atomic mass is 16.4. The van der Waals surface area contributed by atoms with Gasteiger partial charge in [-0.05, 0) is 36.1 Å². The average Bonchev–Trinajstić information content (AvgIpc) is 2.90. The van der Waals surface area contributed by atoms with Crippen molar-refractivity contribution in [3.63, 3.8) is 0 Å². The maximum atomic E-state index is 11.1. The number of aliphatic carboxylic acids is 1. The van der Waals surface area contributed by atoms with E-state index in [1.807, 2.05) is 12.1 Å². The first-order valence-electron chi connectivity index (χ1n) is 7.29. The third-order valence-corrected chi connectivity index (χ3v) is 4.18. The molecule has 1 aliphatic heterocycles. The van der Waals surface area contributed by atoms with E-state index in [2.05, 4.69) is 41.3 Å². The Balaban J connectivity index is 1.82. The summed E-state index contributed by atoms with van der Waals surface area (Å²) >= 11 is 0. The first kappa shape index (κ1) is 13.7. The van der Waals surface area contributed by atoms with Crippen molar-refractivity contribution in [2.45, 2.75) is 25.8 Å². The van der Waals surface area contributed by atoms with E-state index >= 15 is 0 Å². The van der Waals surface area contributed by atoms with E-state index in [9.17, 15) is 4.79 Å². The van der Waals surface area contributed by atoms with Crippen molar-refractivity contribution in [2.75, 3.05) is 11.4 Å². The molecule has 0 spiro atoms. The first-order chi connectivity index (χ1) is 10.1. The number of fused-ring (bicyclic) bond motifs is 1. The van der Waals surface area contributed by atoms with Crippen molar-refractivity contribution in [2.24, 2.45) is 0 Å². The minimum absolute atomic E-state index is 0.446. The van der Waals surface area contributed by atoms with Crippen LogP contribution in [0.2, 0.25) is 0 Å². The van der Waals surface area contributed by atoms with Crippen molar-refractivity contribution < 1.29 is 9.90 Å². The highest BCUT2D eigenvalue weighted by Crippen LogP contribution is 2.32. The second-order valence-corrected chi connectivity index (χ2v) is 5.61. The van der Waals surface area contributed by atoms with Crippen LogP contribution in [0, 0.1) is 0 Å². The highest BCUT2D eigenvalue weighted by Gasteiger charge is 2.22. The molecule has 0 amide bonds. The van der Waals surface area contributed by atoms with Crippen molar-refractivity contribution in [1.82, 2.24) is 0 Å². The SMILES string of the molecule is CC(C(=O)O)c1ccc2c(c1)CCN2Cc1ccccc1. The van der Waals surface area contributed by atoms with Gasteiger partial charge in [-0.3, -0.25) is 4.79 Å². The smallest absolute Gasteiger partial charge is 0.310 e. The van der Waals surface area contributed by atoms with E-state index < -0.39 is 11.9 Å². The summed E-state index contributed by atoms with van der Waals surface area (Å²) in [5, 5.41) is 9.12. The zero-order valence-corrected chi connectivity index (χ0v) is 12.1. The van der Waals surface area contributed by atoms with Gasteiger partial charge in [0.25, 0.3) is 0 Å². The van der Waals surface area contributed by atoms with Gasteiger partial charge in [0.15, 0.2) is 0 Å². The van der Waals surface area contributed by atoms with Gasteiger partial charge < -0.3 is 10.0 Å². The summed E-state index contributed by atoms with van der Waals surface area (Å²) in [5.41, 5.74) is 4.69. The molecular formula is C18H19NO2. The predicted octanol–water partition coefficient (Wildman–Crippen LogP) is 3.44. The molecule has 0 aliphatic carbocycles. The van der Waals surface area contributed by atoms with Crippen LogP contribution in [-0.2, 0) is 17.8 Å². The third-order valence-electron chi connectivity index (χ3n) is 4.18. The van der Waals surface area contributed by atoms with E-state index in [-0.39, 0.29) is 0 Å². The molecule has 1 aliphatic rings. The minimum Gasteiger partial charge on any atom is -0.481 e. The van der Waals surface area contributed by atoms with Crippen LogP contribution < -0.4 is 4.90 Å². The maximum Gasteiger partial charge on any atom is 0.310 e. The molecule has 0 saturated heterocycles. The van der Waals surface area contributed by atoms with Crippen molar-refractivity contribution >= 4 is 11.7 Å². The van der Waals surface area contributed by atoms with Gasteiger partial charge in [0, 0.05) is 18.8 Å². The van der Waals surface area contributed by atoms with Crippen molar-refractivity contribution in [3.8, 4) is 0 Å². The average molecular weight is 281 g/mol. The number of anilines is 1. The lowest BCUT2D eigenvalue weighted by Gasteiger charge is -2.20. The van der Waals surface area contributed by atoms with Crippen LogP contribution in [-0.4, -0.2) is 17.6 Å². The van der Waals surface area contributed by atoms with Gasteiger partial charge in [0.1, 0.15) is 0 Å². The number of hydrogen-bond donors (Lipinski definition) is 1. The Morgan fingerprint density at radius 3 is 2.71 bits per heavy atom. The van der Waals surface area contributed by atoms with Crippen LogP contribution in [0.3, 0.4) is 0 Å². The topological polar surface area (TPSA) is 40.5 Å². The lowest BCUT2D eigenvalue weighted by molar-refractivity contribution is -0.138. The molecule has 2 aromatic rings. The fourth-order valence-corrected chi connectivity index (χ4v) is 2.87. The van der Waals surface area contributed by atoms with Crippen molar-refractivity contribution in [3.05, 3.63) is 65.2 Å². The van der Waals surface area contributed by atoms with Gasteiger partial charge in [-0.25, -0.2) is 0 Å². The van der Waals surface area contributed by atoms with Crippen LogP contribution >= 0.6 is 0 Å². The first-order valence-corrected chi connectivity index (χ1v) is 7.29. The fourth-order valence-electron chi connectivity index (χ4n) is 2.87. The Bertz CT molecular complexity index is 652. The quantitative estimate of drug-likeness (QED) is 0.933. The zero-order chi connectivity index (χ0) is 14.8. The van der Waals surface area contributed by atoms with E-state index in [0.717, 1.165) is 25.1 Å². The number of carboxylic acid groups (broad SMARTS) is 1. The van der Waals surface area contributed by atoms with Gasteiger partial charge in [-0.15, -0.1) is 0 Å². The third kappa shape index (κ3) is 2.77. The molecule has 108 valence electrons. The standard InChI is InChI=1S/C18H19NO2/c1-13(18(20)21)15-7-8-17-16(11-15)9-10-19(17)12-14-5-3-2-4-6-14/h2-8,11,13H,9-10,12H2,1H3,(H,20,21). The largest absolute Gasteiger partial charge is 0.481 e. The Hall–Kier alpha value is -2.29. The lowest BCUT2D eigenvalue weighted by atomic mass is 9.98. The summed E-state index contributed by atoms with van der Waals surface area (Å²) in [4.78, 5) is 13.5. The maximum absolute atomic E-state index is 11.1. The summed E-state index contributed by atoms with van der Waals surface area (Å²) in [6.07, 6.45) is 0.988. The van der Waals surface area contributed by atoms with Gasteiger partial charge in [-0.2, -0.15) is 0 Å². The number of carbonyl (C=O) groups is 1. The van der Waals surface area contributed by atoms with E-state index in [1.165, 1.54) is 16.8 Å². The molecule has 3 nitrogen and oxygen atoms in total. The molecule has 0 aromatic heterocycles. The molecule has 3 rings (SSSR count). The van der Waals surface area contributed by atoms with Gasteiger partial charge in [-0.1, -0.05) is 42.5 Å². The lowest BCUT2D eigenvalue weighted by Crippen LogP contribution is -2.19. The fraction of sp³-hybridized carbons (Fsp3) is 0.278. The number of hydrogen-bond acceptors (Lipinski definition) is 2. The van der Waals surface area contributed by atoms with E-state index in [0.29, 0.717) is 0 Å². The van der Waals surface area contributed by atoms with Crippen LogP contribution in [0.5, 0.6) is 0 Å². The second kappa shape index (κ2) is 5.60. The Morgan fingerprint density at radius 1 is 1.24 bits per heavy atom. The van der Waals surface area contributed by atoms with Crippen LogP contribution in [0.1, 0.15) is 29.5 Å². The highest BCUT2D eigenvalue weighted by molar-refractivity contribution is 5.76. The Morgan fingerprint density at radius 2 is 2.00 bits per heavy atom. The molecule has 21 heavy (non-hydrogen) atoms. The molecule has 1 N–H and O–H groups in total. The Labute approximate surface area is 124 Å². The molecule has 1 heterocycles. The molecule has 1 atom stereocenters. The molecule has 2 aromatic carbocycles. The summed E-state index contributed by atoms with van der Waals surface area (Å²) < 4.78 is 0. The molecule has 0 fully saturated rings. The van der Waals surface area contributed by atoms with Gasteiger partial charge >= 0.3 is 5.97 Å². The molecule has 3 heteroatoms. The molecule has 0 saturated carbocycles. The minimum atomic E-state index is -0.769. The Kier molecular flexibility index (Phi) is 3.65. The summed E-state index contributed by atoms with van der Waals surface area (Å²) in [7, 11) is 0. The summed E-state index contributed by atoms with van der Waals surface area (Å²) in [5.74, 6) is -1.22. The number of nitrogens with zero attached hydrogens (tertiary/aromatic N) is 1. The van der Waals surface area contributed by atoms with Gasteiger partial charge in [0.2, 0.25) is 0 Å². The normalized spacial score (nSPS) is 14.8.